The van der Waals surface area contributed by atoms with Crippen molar-refractivity contribution in [3.05, 3.63) is 0 Å². The molecule has 108 valence electrons. The molecule has 1 atom stereocenters. The minimum absolute atomic E-state index is 0.775. The van der Waals surface area contributed by atoms with E-state index in [2.05, 4.69) is 33.1 Å². The Balaban J connectivity index is 2.37. The molecule has 0 saturated heterocycles. The van der Waals surface area contributed by atoms with E-state index >= 15 is 0 Å². The fourth-order valence-corrected chi connectivity index (χ4v) is 3.81. The third kappa shape index (κ3) is 4.91. The Morgan fingerprint density at radius 2 is 1.61 bits per heavy atom. The van der Waals surface area contributed by atoms with Gasteiger partial charge in [0, 0.05) is 6.04 Å². The van der Waals surface area contributed by atoms with Gasteiger partial charge in [-0.3, -0.25) is 0 Å². The van der Waals surface area contributed by atoms with Crippen LogP contribution in [0, 0.1) is 17.8 Å². The van der Waals surface area contributed by atoms with E-state index in [1.54, 1.807) is 0 Å². The topological polar surface area (TPSA) is 12.0 Å². The van der Waals surface area contributed by atoms with Crippen LogP contribution in [0.1, 0.15) is 78.6 Å². The summed E-state index contributed by atoms with van der Waals surface area (Å²) < 4.78 is 0. The molecule has 0 aromatic heterocycles. The second kappa shape index (κ2) is 8.96. The Morgan fingerprint density at radius 1 is 1.00 bits per heavy atom. The second-order valence-electron chi connectivity index (χ2n) is 6.38. The molecule has 18 heavy (non-hydrogen) atoms. The number of hydrogen-bond acceptors (Lipinski definition) is 1. The van der Waals surface area contributed by atoms with Crippen molar-refractivity contribution < 1.29 is 0 Å². The van der Waals surface area contributed by atoms with Crippen molar-refractivity contribution in [3.63, 3.8) is 0 Å². The maximum absolute atomic E-state index is 3.62. The highest BCUT2D eigenvalue weighted by Crippen LogP contribution is 2.35. The van der Waals surface area contributed by atoms with E-state index in [0.717, 1.165) is 23.8 Å². The van der Waals surface area contributed by atoms with Crippen molar-refractivity contribution >= 4 is 0 Å². The predicted molar refractivity (Wildman–Crippen MR) is 81.9 cm³/mol. The molecule has 1 N–H and O–H groups in total. The molecule has 1 aliphatic carbocycles. The molecule has 0 heterocycles. The first kappa shape index (κ1) is 16.0. The van der Waals surface area contributed by atoms with E-state index < -0.39 is 0 Å². The van der Waals surface area contributed by atoms with Crippen LogP contribution in [-0.4, -0.2) is 13.1 Å². The Bertz CT molecular complexity index is 190. The average molecular weight is 253 g/mol. The molecule has 1 saturated carbocycles. The zero-order valence-corrected chi connectivity index (χ0v) is 13.2. The van der Waals surface area contributed by atoms with Crippen LogP contribution in [0.2, 0.25) is 0 Å². The van der Waals surface area contributed by atoms with E-state index in [-0.39, 0.29) is 0 Å². The fourth-order valence-electron chi connectivity index (χ4n) is 3.81. The third-order valence-corrected chi connectivity index (χ3v) is 5.27. The number of rotatable bonds is 8. The first-order valence-corrected chi connectivity index (χ1v) is 8.42. The normalized spacial score (nSPS) is 26.5. The molecule has 1 unspecified atom stereocenters. The molecule has 0 aliphatic heterocycles. The highest BCUT2D eigenvalue weighted by molar-refractivity contribution is 4.82. The average Bonchev–Trinajstić information content (AvgIpc) is 2.42. The van der Waals surface area contributed by atoms with Crippen LogP contribution in [-0.2, 0) is 0 Å². The smallest absolute Gasteiger partial charge is 0.00949 e. The van der Waals surface area contributed by atoms with Gasteiger partial charge < -0.3 is 5.32 Å². The van der Waals surface area contributed by atoms with Crippen LogP contribution in [0.5, 0.6) is 0 Å². The van der Waals surface area contributed by atoms with Crippen molar-refractivity contribution in [2.75, 3.05) is 7.05 Å². The van der Waals surface area contributed by atoms with E-state index in [4.69, 9.17) is 0 Å². The Hall–Kier alpha value is -0.0400. The van der Waals surface area contributed by atoms with Gasteiger partial charge in [0.2, 0.25) is 0 Å². The van der Waals surface area contributed by atoms with Crippen molar-refractivity contribution in [1.29, 1.82) is 0 Å². The van der Waals surface area contributed by atoms with E-state index in [1.807, 2.05) is 0 Å². The van der Waals surface area contributed by atoms with Crippen LogP contribution in [0.3, 0.4) is 0 Å². The van der Waals surface area contributed by atoms with Gasteiger partial charge in [-0.1, -0.05) is 59.3 Å². The van der Waals surface area contributed by atoms with Crippen molar-refractivity contribution in [2.45, 2.75) is 84.6 Å². The van der Waals surface area contributed by atoms with Gasteiger partial charge in [0.25, 0.3) is 0 Å². The Morgan fingerprint density at radius 3 is 2.06 bits per heavy atom. The maximum Gasteiger partial charge on any atom is 0.00949 e. The summed E-state index contributed by atoms with van der Waals surface area (Å²) in [5.41, 5.74) is 0. The summed E-state index contributed by atoms with van der Waals surface area (Å²) in [6.07, 6.45) is 12.8. The lowest BCUT2D eigenvalue weighted by Gasteiger charge is -2.35. The van der Waals surface area contributed by atoms with Crippen LogP contribution >= 0.6 is 0 Å². The predicted octanol–water partition coefficient (Wildman–Crippen LogP) is 5.01. The molecule has 0 amide bonds. The first-order valence-electron chi connectivity index (χ1n) is 8.42. The lowest BCUT2D eigenvalue weighted by atomic mass is 9.75. The standard InChI is InChI=1S/C17H35N/c1-5-8-15-9-11-16(12-10-15)17(18-4)13-14(6-2)7-3/h14-18H,5-13H2,1-4H3. The molecule has 0 aromatic rings. The fraction of sp³-hybridized carbons (Fsp3) is 1.00. The SMILES string of the molecule is CCCC1CCC(C(CC(CC)CC)NC)CC1. The van der Waals surface area contributed by atoms with Crippen LogP contribution in [0.15, 0.2) is 0 Å². The van der Waals surface area contributed by atoms with Gasteiger partial charge in [-0.05, 0) is 44.1 Å². The van der Waals surface area contributed by atoms with Crippen LogP contribution in [0.4, 0.5) is 0 Å². The molecule has 0 aromatic carbocycles. The summed E-state index contributed by atoms with van der Waals surface area (Å²) in [5, 5.41) is 3.62. The Kier molecular flexibility index (Phi) is 7.97. The lowest BCUT2D eigenvalue weighted by Crippen LogP contribution is -2.37. The summed E-state index contributed by atoms with van der Waals surface area (Å²) in [6.45, 7) is 7.02. The molecule has 0 bridgehead atoms. The highest BCUT2D eigenvalue weighted by Gasteiger charge is 2.27. The quantitative estimate of drug-likeness (QED) is 0.641. The largest absolute Gasteiger partial charge is 0.317 e. The minimum atomic E-state index is 0.775. The highest BCUT2D eigenvalue weighted by atomic mass is 14.9. The summed E-state index contributed by atoms with van der Waals surface area (Å²) in [5.74, 6) is 2.91. The molecular formula is C17H35N. The van der Waals surface area contributed by atoms with Crippen LogP contribution in [0.25, 0.3) is 0 Å². The number of nitrogens with one attached hydrogen (secondary N) is 1. The first-order chi connectivity index (χ1) is 8.74. The van der Waals surface area contributed by atoms with Gasteiger partial charge in [-0.15, -0.1) is 0 Å². The lowest BCUT2D eigenvalue weighted by molar-refractivity contribution is 0.196. The van der Waals surface area contributed by atoms with Gasteiger partial charge in [0.15, 0.2) is 0 Å². The molecule has 1 fully saturated rings. The summed E-state index contributed by atoms with van der Waals surface area (Å²) in [7, 11) is 2.17. The molecule has 1 nitrogen and oxygen atoms in total. The van der Waals surface area contributed by atoms with Crippen LogP contribution < -0.4 is 5.32 Å². The zero-order valence-electron chi connectivity index (χ0n) is 13.2. The van der Waals surface area contributed by atoms with E-state index in [0.29, 0.717) is 0 Å². The van der Waals surface area contributed by atoms with Gasteiger partial charge in [0.1, 0.15) is 0 Å². The minimum Gasteiger partial charge on any atom is -0.317 e. The molecule has 1 heteroatoms. The molecular weight excluding hydrogens is 218 g/mol. The molecule has 0 spiro atoms. The summed E-state index contributed by atoms with van der Waals surface area (Å²) >= 11 is 0. The number of hydrogen-bond donors (Lipinski definition) is 1. The van der Waals surface area contributed by atoms with Gasteiger partial charge >= 0.3 is 0 Å². The summed E-state index contributed by atoms with van der Waals surface area (Å²) in [4.78, 5) is 0. The van der Waals surface area contributed by atoms with Gasteiger partial charge in [0.05, 0.1) is 0 Å². The second-order valence-corrected chi connectivity index (χ2v) is 6.38. The maximum atomic E-state index is 3.62. The van der Waals surface area contributed by atoms with Crippen molar-refractivity contribution in [3.8, 4) is 0 Å². The summed E-state index contributed by atoms with van der Waals surface area (Å²) in [6, 6.07) is 0.775. The van der Waals surface area contributed by atoms with Crippen molar-refractivity contribution in [2.24, 2.45) is 17.8 Å². The molecule has 0 radical (unpaired) electrons. The van der Waals surface area contributed by atoms with Gasteiger partial charge in [-0.25, -0.2) is 0 Å². The van der Waals surface area contributed by atoms with Gasteiger partial charge in [-0.2, -0.15) is 0 Å². The van der Waals surface area contributed by atoms with Crippen molar-refractivity contribution in [1.82, 2.24) is 5.32 Å². The Labute approximate surface area is 115 Å². The van der Waals surface area contributed by atoms with E-state index in [9.17, 15) is 0 Å². The third-order valence-electron chi connectivity index (χ3n) is 5.27. The molecule has 1 rings (SSSR count). The zero-order chi connectivity index (χ0) is 13.4. The monoisotopic (exact) mass is 253 g/mol. The molecule has 1 aliphatic rings. The van der Waals surface area contributed by atoms with E-state index in [1.165, 1.54) is 57.8 Å².